The number of hydrogen-bond acceptors (Lipinski definition) is 3. The van der Waals surface area contributed by atoms with Gasteiger partial charge in [-0.1, -0.05) is 11.6 Å². The normalized spacial score (nSPS) is 19.7. The molecule has 2 amide bonds. The van der Waals surface area contributed by atoms with Gasteiger partial charge in [0.1, 0.15) is 0 Å². The largest absolute Gasteiger partial charge is 0.481 e. The highest BCUT2D eigenvalue weighted by Crippen LogP contribution is 2.28. The molecule has 3 N–H and O–H groups in total. The minimum absolute atomic E-state index is 0.114. The first-order chi connectivity index (χ1) is 11.0. The first-order valence-corrected chi connectivity index (χ1v) is 7.50. The van der Waals surface area contributed by atoms with Gasteiger partial charge in [0.25, 0.3) is 0 Å². The predicted octanol–water partition coefficient (Wildman–Crippen LogP) is 2.51. The van der Waals surface area contributed by atoms with Crippen molar-refractivity contribution in [3.8, 4) is 5.69 Å². The van der Waals surface area contributed by atoms with Gasteiger partial charge in [-0.25, -0.2) is 9.48 Å². The summed E-state index contributed by atoms with van der Waals surface area (Å²) in [6, 6.07) is 6.35. The van der Waals surface area contributed by atoms with Crippen molar-refractivity contribution in [2.45, 2.75) is 18.9 Å². The maximum absolute atomic E-state index is 12.1. The van der Waals surface area contributed by atoms with Crippen molar-refractivity contribution in [2.75, 3.05) is 5.32 Å². The molecule has 1 aliphatic rings. The Morgan fingerprint density at radius 3 is 2.78 bits per heavy atom. The number of rotatable bonds is 4. The van der Waals surface area contributed by atoms with Crippen LogP contribution in [0.1, 0.15) is 12.8 Å². The SMILES string of the molecule is O=C(Nc1ccc(Cl)cc1-n1cccn1)NC1CC(C(=O)O)C1. The van der Waals surface area contributed by atoms with Crippen molar-refractivity contribution in [3.05, 3.63) is 41.7 Å². The molecule has 7 nitrogen and oxygen atoms in total. The number of benzene rings is 1. The molecule has 1 aromatic carbocycles. The highest BCUT2D eigenvalue weighted by atomic mass is 35.5. The van der Waals surface area contributed by atoms with Crippen molar-refractivity contribution < 1.29 is 14.7 Å². The molecule has 0 saturated heterocycles. The minimum atomic E-state index is -0.817. The van der Waals surface area contributed by atoms with Crippen molar-refractivity contribution in [1.82, 2.24) is 15.1 Å². The van der Waals surface area contributed by atoms with E-state index in [-0.39, 0.29) is 18.0 Å². The number of carboxylic acids is 1. The van der Waals surface area contributed by atoms with Crippen molar-refractivity contribution in [2.24, 2.45) is 5.92 Å². The lowest BCUT2D eigenvalue weighted by Gasteiger charge is -2.32. The lowest BCUT2D eigenvalue weighted by molar-refractivity contribution is -0.145. The van der Waals surface area contributed by atoms with Gasteiger partial charge in [-0.2, -0.15) is 5.10 Å². The van der Waals surface area contributed by atoms with Gasteiger partial charge < -0.3 is 15.7 Å². The van der Waals surface area contributed by atoms with Crippen LogP contribution in [0.15, 0.2) is 36.7 Å². The molecular formula is C15H15ClN4O3. The van der Waals surface area contributed by atoms with Crippen molar-refractivity contribution in [3.63, 3.8) is 0 Å². The van der Waals surface area contributed by atoms with E-state index in [1.807, 2.05) is 0 Å². The number of urea groups is 1. The smallest absolute Gasteiger partial charge is 0.319 e. The Labute approximate surface area is 137 Å². The van der Waals surface area contributed by atoms with Gasteiger partial charge in [-0.3, -0.25) is 4.79 Å². The topological polar surface area (TPSA) is 96.3 Å². The number of anilines is 1. The van der Waals surface area contributed by atoms with E-state index in [2.05, 4.69) is 15.7 Å². The average Bonchev–Trinajstić information content (AvgIpc) is 2.98. The van der Waals surface area contributed by atoms with Gasteiger partial charge in [0, 0.05) is 23.5 Å². The average molecular weight is 335 g/mol. The molecule has 1 saturated carbocycles. The molecule has 120 valence electrons. The molecule has 1 aromatic heterocycles. The van der Waals surface area contributed by atoms with Crippen molar-refractivity contribution >= 4 is 29.3 Å². The molecule has 3 rings (SSSR count). The standard InChI is InChI=1S/C15H15ClN4O3/c16-10-2-3-12(13(8-10)20-5-1-4-17-20)19-15(23)18-11-6-9(7-11)14(21)22/h1-5,8-9,11H,6-7H2,(H,21,22)(H2,18,19,23). The van der Waals surface area contributed by atoms with Gasteiger partial charge >= 0.3 is 12.0 Å². The fourth-order valence-electron chi connectivity index (χ4n) is 2.49. The Kier molecular flexibility index (Phi) is 4.20. The van der Waals surface area contributed by atoms with E-state index in [4.69, 9.17) is 16.7 Å². The third kappa shape index (κ3) is 3.45. The Balaban J connectivity index is 1.66. The first kappa shape index (κ1) is 15.4. The highest BCUT2D eigenvalue weighted by Gasteiger charge is 2.35. The van der Waals surface area contributed by atoms with Crippen LogP contribution in [-0.4, -0.2) is 32.9 Å². The van der Waals surface area contributed by atoms with Gasteiger partial charge in [-0.15, -0.1) is 0 Å². The number of carbonyl (C=O) groups excluding carboxylic acids is 1. The number of nitrogens with one attached hydrogen (secondary N) is 2. The molecule has 0 atom stereocenters. The molecular weight excluding hydrogens is 320 g/mol. The number of aliphatic carboxylic acids is 1. The Morgan fingerprint density at radius 2 is 2.13 bits per heavy atom. The summed E-state index contributed by atoms with van der Waals surface area (Å²) < 4.78 is 1.60. The number of nitrogens with zero attached hydrogens (tertiary/aromatic N) is 2. The van der Waals surface area contributed by atoms with Crippen LogP contribution in [0.5, 0.6) is 0 Å². The number of carbonyl (C=O) groups is 2. The number of carboxylic acid groups (broad SMARTS) is 1. The van der Waals surface area contributed by atoms with Gasteiger partial charge in [-0.05, 0) is 37.1 Å². The molecule has 0 aliphatic heterocycles. The monoisotopic (exact) mass is 334 g/mol. The molecule has 1 fully saturated rings. The summed E-state index contributed by atoms with van der Waals surface area (Å²) in [5, 5.41) is 19.0. The van der Waals surface area contributed by atoms with Crippen LogP contribution < -0.4 is 10.6 Å². The predicted molar refractivity (Wildman–Crippen MR) is 84.9 cm³/mol. The van der Waals surface area contributed by atoms with Crippen LogP contribution in [0.25, 0.3) is 5.69 Å². The first-order valence-electron chi connectivity index (χ1n) is 7.13. The molecule has 0 unspecified atom stereocenters. The summed E-state index contributed by atoms with van der Waals surface area (Å²) in [7, 11) is 0. The molecule has 2 aromatic rings. The zero-order valence-electron chi connectivity index (χ0n) is 12.1. The van der Waals surface area contributed by atoms with Crippen molar-refractivity contribution in [1.29, 1.82) is 0 Å². The summed E-state index contributed by atoms with van der Waals surface area (Å²) >= 11 is 6.01. The molecule has 0 radical (unpaired) electrons. The van der Waals surface area contributed by atoms with E-state index in [1.54, 1.807) is 41.3 Å². The second kappa shape index (κ2) is 6.29. The van der Waals surface area contributed by atoms with Gasteiger partial charge in [0.15, 0.2) is 0 Å². The summed E-state index contributed by atoms with van der Waals surface area (Å²) in [6.45, 7) is 0. The van der Waals surface area contributed by atoms with E-state index in [0.29, 0.717) is 29.2 Å². The van der Waals surface area contributed by atoms with Gasteiger partial charge in [0.2, 0.25) is 0 Å². The summed E-state index contributed by atoms with van der Waals surface area (Å²) in [6.07, 6.45) is 4.29. The van der Waals surface area contributed by atoms with Crippen LogP contribution in [0.4, 0.5) is 10.5 Å². The quantitative estimate of drug-likeness (QED) is 0.800. The van der Waals surface area contributed by atoms with Crippen LogP contribution in [0.2, 0.25) is 5.02 Å². The number of amides is 2. The molecule has 0 bridgehead atoms. The van der Waals surface area contributed by atoms with Crippen LogP contribution in [0.3, 0.4) is 0 Å². The van der Waals surface area contributed by atoms with Crippen LogP contribution >= 0.6 is 11.6 Å². The van der Waals surface area contributed by atoms with E-state index in [0.717, 1.165) is 0 Å². The Morgan fingerprint density at radius 1 is 1.35 bits per heavy atom. The lowest BCUT2D eigenvalue weighted by atomic mass is 9.80. The molecule has 23 heavy (non-hydrogen) atoms. The van der Waals surface area contributed by atoms with Gasteiger partial charge in [0.05, 0.1) is 17.3 Å². The fourth-order valence-corrected chi connectivity index (χ4v) is 2.66. The molecule has 0 spiro atoms. The van der Waals surface area contributed by atoms with Crippen LogP contribution in [0, 0.1) is 5.92 Å². The van der Waals surface area contributed by atoms with E-state index < -0.39 is 5.97 Å². The third-order valence-corrected chi connectivity index (χ3v) is 4.02. The summed E-state index contributed by atoms with van der Waals surface area (Å²) in [4.78, 5) is 22.8. The summed E-state index contributed by atoms with van der Waals surface area (Å²) in [5.41, 5.74) is 1.21. The number of hydrogen-bond donors (Lipinski definition) is 3. The molecule has 1 heterocycles. The maximum atomic E-state index is 12.1. The third-order valence-electron chi connectivity index (χ3n) is 3.78. The second-order valence-corrected chi connectivity index (χ2v) is 5.85. The molecule has 8 heteroatoms. The van der Waals surface area contributed by atoms with E-state index in [1.165, 1.54) is 0 Å². The minimum Gasteiger partial charge on any atom is -0.481 e. The molecule has 1 aliphatic carbocycles. The number of halogens is 1. The Hall–Kier alpha value is -2.54. The fraction of sp³-hybridized carbons (Fsp3) is 0.267. The highest BCUT2D eigenvalue weighted by molar-refractivity contribution is 6.30. The van der Waals surface area contributed by atoms with E-state index in [9.17, 15) is 9.59 Å². The summed E-state index contributed by atoms with van der Waals surface area (Å²) in [5.74, 6) is -1.18. The zero-order chi connectivity index (χ0) is 16.4. The Bertz CT molecular complexity index is 726. The number of aromatic nitrogens is 2. The second-order valence-electron chi connectivity index (χ2n) is 5.41. The zero-order valence-corrected chi connectivity index (χ0v) is 12.8. The maximum Gasteiger partial charge on any atom is 0.319 e. The van der Waals surface area contributed by atoms with E-state index >= 15 is 0 Å². The lowest BCUT2D eigenvalue weighted by Crippen LogP contribution is -2.48. The van der Waals surface area contributed by atoms with Crippen LogP contribution in [-0.2, 0) is 4.79 Å².